The summed E-state index contributed by atoms with van der Waals surface area (Å²) >= 11 is 0. The van der Waals surface area contributed by atoms with Gasteiger partial charge in [-0.15, -0.1) is 0 Å². The maximum absolute atomic E-state index is 13.1. The Morgan fingerprint density at radius 3 is 2.53 bits per heavy atom. The topological polar surface area (TPSA) is 114 Å². The van der Waals surface area contributed by atoms with E-state index in [9.17, 15) is 18.7 Å². The summed E-state index contributed by atoms with van der Waals surface area (Å²) in [6.45, 7) is 3.86. The van der Waals surface area contributed by atoms with E-state index >= 15 is 0 Å². The summed E-state index contributed by atoms with van der Waals surface area (Å²) in [4.78, 5) is 30.1. The summed E-state index contributed by atoms with van der Waals surface area (Å²) in [6, 6.07) is 14.5. The minimum atomic E-state index is -1.09. The first kappa shape index (κ1) is 26.9. The van der Waals surface area contributed by atoms with Crippen molar-refractivity contribution in [3.8, 4) is 0 Å². The average Bonchev–Trinajstić information content (AvgIpc) is 3.30. The SMILES string of the molecule is CC(C)(NCB=O)C(=O)NC(COCc1ccccc1)C(=O)Nc1cn(Cc2ccc(F)cc2)cn1. The van der Waals surface area contributed by atoms with Crippen LogP contribution < -0.4 is 16.0 Å². The fourth-order valence-electron chi connectivity index (χ4n) is 3.29. The number of benzene rings is 2. The van der Waals surface area contributed by atoms with E-state index in [-0.39, 0.29) is 25.5 Å². The van der Waals surface area contributed by atoms with Crippen molar-refractivity contribution in [1.82, 2.24) is 20.2 Å². The first-order valence-corrected chi connectivity index (χ1v) is 11.4. The number of aromatic nitrogens is 2. The molecule has 11 heteroatoms. The predicted molar refractivity (Wildman–Crippen MR) is 133 cm³/mol. The molecule has 1 unspecified atom stereocenters. The van der Waals surface area contributed by atoms with Gasteiger partial charge in [0.15, 0.2) is 0 Å². The second-order valence-electron chi connectivity index (χ2n) is 8.75. The Bertz CT molecular complexity index is 1150. The predicted octanol–water partition coefficient (Wildman–Crippen LogP) is 2.09. The van der Waals surface area contributed by atoms with Gasteiger partial charge in [-0.1, -0.05) is 18.2 Å². The Hall–Kier alpha value is -3.70. The number of nitrogens with one attached hydrogen (secondary N) is 3. The molecule has 3 rings (SSSR count). The zero-order valence-corrected chi connectivity index (χ0v) is 20.2. The molecule has 0 radical (unpaired) electrons. The molecule has 1 heterocycles. The van der Waals surface area contributed by atoms with Gasteiger partial charge in [0.2, 0.25) is 0 Å². The molecule has 0 spiro atoms. The van der Waals surface area contributed by atoms with Gasteiger partial charge in [0.05, 0.1) is 0 Å². The fraction of sp³-hybridized carbons (Fsp3) is 0.320. The molecule has 0 aliphatic rings. The van der Waals surface area contributed by atoms with Crippen LogP contribution in [-0.4, -0.2) is 53.1 Å². The molecule has 0 fully saturated rings. The Morgan fingerprint density at radius 2 is 1.83 bits per heavy atom. The monoisotopic (exact) mass is 493 g/mol. The normalized spacial score (nSPS) is 12.0. The number of carbonyl (C=O) groups excluding carboxylic acids is 2. The number of ether oxygens (including phenoxy) is 1. The van der Waals surface area contributed by atoms with Gasteiger partial charge in [0.1, 0.15) is 5.82 Å². The minimum absolute atomic E-state index is 0.00667. The van der Waals surface area contributed by atoms with E-state index in [1.54, 1.807) is 43.1 Å². The van der Waals surface area contributed by atoms with Crippen LogP contribution in [0.4, 0.5) is 10.2 Å². The van der Waals surface area contributed by atoms with Crippen LogP contribution in [-0.2, 0) is 32.2 Å². The van der Waals surface area contributed by atoms with Crippen molar-refractivity contribution in [1.29, 1.82) is 0 Å². The molecule has 188 valence electrons. The molecule has 2 aromatic carbocycles. The number of anilines is 1. The molecule has 9 nitrogen and oxygen atoms in total. The summed E-state index contributed by atoms with van der Waals surface area (Å²) < 4.78 is 31.3. The molecule has 2 amide bonds. The fourth-order valence-corrected chi connectivity index (χ4v) is 3.29. The molecule has 3 aromatic rings. The molecule has 0 saturated carbocycles. The maximum atomic E-state index is 13.1. The third kappa shape index (κ3) is 8.21. The number of amides is 2. The van der Waals surface area contributed by atoms with Crippen molar-refractivity contribution in [3.05, 3.63) is 84.1 Å². The van der Waals surface area contributed by atoms with Gasteiger partial charge in [-0.3, -0.25) is 0 Å². The van der Waals surface area contributed by atoms with Gasteiger partial charge in [-0.05, 0) is 17.7 Å². The van der Waals surface area contributed by atoms with E-state index in [4.69, 9.17) is 4.74 Å². The summed E-state index contributed by atoms with van der Waals surface area (Å²) in [6.07, 6.45) is 3.18. The van der Waals surface area contributed by atoms with Crippen LogP contribution in [0.15, 0.2) is 67.1 Å². The number of hydrogen-bond donors (Lipinski definition) is 3. The van der Waals surface area contributed by atoms with E-state index in [0.717, 1.165) is 11.1 Å². The van der Waals surface area contributed by atoms with Gasteiger partial charge in [-0.2, -0.15) is 0 Å². The van der Waals surface area contributed by atoms with Gasteiger partial charge >= 0.3 is 163 Å². The molecule has 3 N–H and O–H groups in total. The van der Waals surface area contributed by atoms with Gasteiger partial charge in [0.25, 0.3) is 0 Å². The zero-order valence-electron chi connectivity index (χ0n) is 20.2. The molecule has 0 saturated heterocycles. The first-order chi connectivity index (χ1) is 17.3. The second-order valence-corrected chi connectivity index (χ2v) is 8.75. The van der Waals surface area contributed by atoms with Gasteiger partial charge < -0.3 is 0 Å². The Balaban J connectivity index is 1.65. The second kappa shape index (κ2) is 12.8. The molecule has 0 aliphatic heterocycles. The molecule has 36 heavy (non-hydrogen) atoms. The standard InChI is InChI=1S/C25H29BFN5O4/c1-25(2,29-16-26-35)24(34)30-21(15-36-14-19-6-4-3-5-7-19)23(33)31-22-13-32(17-28-22)12-18-8-10-20(27)11-9-18/h3-11,13,17,21,29H,12,14-16H2,1-2H3,(H,30,34)(H,31,33). The molecular formula is C25H29BFN5O4. The zero-order chi connectivity index (χ0) is 26.0. The van der Waals surface area contributed by atoms with Crippen molar-refractivity contribution in [3.63, 3.8) is 0 Å². The summed E-state index contributed by atoms with van der Waals surface area (Å²) in [5, 5.41) is 8.23. The van der Waals surface area contributed by atoms with Crippen molar-refractivity contribution in [2.45, 2.75) is 38.6 Å². The number of imidazole rings is 1. The Labute approximate surface area is 209 Å². The van der Waals surface area contributed by atoms with Crippen molar-refractivity contribution < 1.29 is 23.4 Å². The van der Waals surface area contributed by atoms with Crippen LogP contribution in [0.3, 0.4) is 0 Å². The van der Waals surface area contributed by atoms with Crippen molar-refractivity contribution in [2.75, 3.05) is 18.4 Å². The van der Waals surface area contributed by atoms with Crippen LogP contribution in [0.1, 0.15) is 25.0 Å². The van der Waals surface area contributed by atoms with Gasteiger partial charge in [0, 0.05) is 0 Å². The summed E-state index contributed by atoms with van der Waals surface area (Å²) in [5.74, 6) is -0.989. The van der Waals surface area contributed by atoms with Crippen molar-refractivity contribution >= 4 is 24.8 Å². The van der Waals surface area contributed by atoms with Gasteiger partial charge in [-0.25, -0.2) is 4.39 Å². The Kier molecular flexibility index (Phi) is 9.60. The van der Waals surface area contributed by atoms with Crippen LogP contribution in [0.25, 0.3) is 0 Å². The van der Waals surface area contributed by atoms with Crippen LogP contribution in [0.5, 0.6) is 0 Å². The summed E-state index contributed by atoms with van der Waals surface area (Å²) in [5.41, 5.74) is 0.710. The van der Waals surface area contributed by atoms with E-state index in [1.165, 1.54) is 12.1 Å². The molecule has 1 aromatic heterocycles. The van der Waals surface area contributed by atoms with Crippen LogP contribution in [0.2, 0.25) is 0 Å². The molecule has 0 bridgehead atoms. The Morgan fingerprint density at radius 1 is 1.11 bits per heavy atom. The quantitative estimate of drug-likeness (QED) is 0.314. The molecule has 1 atom stereocenters. The number of nitrogens with zero attached hydrogens (tertiary/aromatic N) is 2. The molecular weight excluding hydrogens is 464 g/mol. The van der Waals surface area contributed by atoms with E-state index in [1.807, 2.05) is 30.3 Å². The van der Waals surface area contributed by atoms with E-state index in [2.05, 4.69) is 20.9 Å². The number of rotatable bonds is 13. The first-order valence-electron chi connectivity index (χ1n) is 11.4. The van der Waals surface area contributed by atoms with E-state index in [0.29, 0.717) is 19.5 Å². The number of carbonyl (C=O) groups is 2. The third-order valence-electron chi connectivity index (χ3n) is 5.38. The van der Waals surface area contributed by atoms with Crippen molar-refractivity contribution in [2.24, 2.45) is 0 Å². The average molecular weight is 493 g/mol. The van der Waals surface area contributed by atoms with Crippen LogP contribution in [0, 0.1) is 5.82 Å². The molecule has 0 aliphatic carbocycles. The summed E-state index contributed by atoms with van der Waals surface area (Å²) in [7, 11) is 0.657. The van der Waals surface area contributed by atoms with Crippen LogP contribution >= 0.6 is 0 Å². The third-order valence-corrected chi connectivity index (χ3v) is 5.38. The number of halogens is 1. The van der Waals surface area contributed by atoms with E-state index < -0.39 is 23.4 Å². The number of hydrogen-bond acceptors (Lipinski definition) is 6.